The first-order valence-electron chi connectivity index (χ1n) is 5.45. The Kier molecular flexibility index (Phi) is 5.26. The zero-order valence-corrected chi connectivity index (χ0v) is 9.95. The standard InChI is InChI=1S/C12H21NO2/c1-13(2)9-6-10-15-12-8-5-4-7-11(12)14-3/h4,7H,5-6,8-10H2,1-3H3. The average Bonchev–Trinajstić information content (AvgIpc) is 2.24. The van der Waals surface area contributed by atoms with Crippen molar-refractivity contribution < 1.29 is 9.47 Å². The summed E-state index contributed by atoms with van der Waals surface area (Å²) in [5.74, 6) is 1.88. The molecule has 15 heavy (non-hydrogen) atoms. The summed E-state index contributed by atoms with van der Waals surface area (Å²) in [5, 5.41) is 0. The van der Waals surface area contributed by atoms with Gasteiger partial charge in [0.2, 0.25) is 0 Å². The molecular weight excluding hydrogens is 190 g/mol. The minimum Gasteiger partial charge on any atom is -0.494 e. The van der Waals surface area contributed by atoms with Crippen LogP contribution < -0.4 is 0 Å². The van der Waals surface area contributed by atoms with Gasteiger partial charge < -0.3 is 14.4 Å². The molecule has 0 radical (unpaired) electrons. The van der Waals surface area contributed by atoms with E-state index in [-0.39, 0.29) is 0 Å². The summed E-state index contributed by atoms with van der Waals surface area (Å²) in [6.45, 7) is 1.83. The van der Waals surface area contributed by atoms with Crippen LogP contribution in [0.15, 0.2) is 23.7 Å². The van der Waals surface area contributed by atoms with Crippen LogP contribution in [-0.4, -0.2) is 39.3 Å². The summed E-state index contributed by atoms with van der Waals surface area (Å²) in [4.78, 5) is 2.16. The molecule has 0 aromatic carbocycles. The maximum Gasteiger partial charge on any atom is 0.156 e. The highest BCUT2D eigenvalue weighted by Crippen LogP contribution is 2.20. The van der Waals surface area contributed by atoms with Gasteiger partial charge in [0.05, 0.1) is 13.7 Å². The highest BCUT2D eigenvalue weighted by atomic mass is 16.5. The van der Waals surface area contributed by atoms with Crippen LogP contribution in [0.5, 0.6) is 0 Å². The van der Waals surface area contributed by atoms with Gasteiger partial charge >= 0.3 is 0 Å². The normalized spacial score (nSPS) is 16.0. The van der Waals surface area contributed by atoms with Gasteiger partial charge in [0, 0.05) is 13.0 Å². The lowest BCUT2D eigenvalue weighted by molar-refractivity contribution is 0.162. The number of allylic oxidation sites excluding steroid dienone is 3. The van der Waals surface area contributed by atoms with E-state index in [1.807, 2.05) is 6.08 Å². The minimum atomic E-state index is 0.772. The molecular formula is C12H21NO2. The molecule has 0 aromatic rings. The lowest BCUT2D eigenvalue weighted by atomic mass is 10.1. The largest absolute Gasteiger partial charge is 0.494 e. The Balaban J connectivity index is 2.30. The Hall–Kier alpha value is -0.960. The highest BCUT2D eigenvalue weighted by Gasteiger charge is 2.09. The Morgan fingerprint density at radius 3 is 2.87 bits per heavy atom. The van der Waals surface area contributed by atoms with Gasteiger partial charge in [-0.2, -0.15) is 0 Å². The van der Waals surface area contributed by atoms with E-state index in [1.165, 1.54) is 0 Å². The van der Waals surface area contributed by atoms with Crippen molar-refractivity contribution in [1.29, 1.82) is 0 Å². The predicted molar refractivity (Wildman–Crippen MR) is 61.5 cm³/mol. The van der Waals surface area contributed by atoms with E-state index in [0.29, 0.717) is 0 Å². The van der Waals surface area contributed by atoms with Gasteiger partial charge in [-0.3, -0.25) is 0 Å². The molecule has 86 valence electrons. The first-order chi connectivity index (χ1) is 7.24. The SMILES string of the molecule is COC1=C(OCCCN(C)C)CCC=C1. The molecule has 0 saturated carbocycles. The van der Waals surface area contributed by atoms with Gasteiger partial charge in [0.1, 0.15) is 5.76 Å². The summed E-state index contributed by atoms with van der Waals surface area (Å²) >= 11 is 0. The van der Waals surface area contributed by atoms with Gasteiger partial charge in [-0.25, -0.2) is 0 Å². The first kappa shape index (κ1) is 12.1. The Morgan fingerprint density at radius 2 is 2.20 bits per heavy atom. The second-order valence-corrected chi connectivity index (χ2v) is 3.94. The predicted octanol–water partition coefficient (Wildman–Crippen LogP) is 2.16. The van der Waals surface area contributed by atoms with Crippen LogP contribution in [0, 0.1) is 0 Å². The third-order valence-electron chi connectivity index (χ3n) is 2.33. The van der Waals surface area contributed by atoms with Crippen LogP contribution >= 0.6 is 0 Å². The van der Waals surface area contributed by atoms with Crippen molar-refractivity contribution >= 4 is 0 Å². The van der Waals surface area contributed by atoms with Crippen LogP contribution in [0.4, 0.5) is 0 Å². The van der Waals surface area contributed by atoms with Crippen molar-refractivity contribution in [3.8, 4) is 0 Å². The topological polar surface area (TPSA) is 21.7 Å². The molecule has 3 nitrogen and oxygen atoms in total. The Labute approximate surface area is 92.4 Å². The van der Waals surface area contributed by atoms with Gasteiger partial charge in [-0.1, -0.05) is 6.08 Å². The van der Waals surface area contributed by atoms with Crippen molar-refractivity contribution in [2.24, 2.45) is 0 Å². The summed E-state index contributed by atoms with van der Waals surface area (Å²) in [6.07, 6.45) is 7.17. The van der Waals surface area contributed by atoms with E-state index < -0.39 is 0 Å². The van der Waals surface area contributed by atoms with E-state index in [2.05, 4.69) is 25.1 Å². The fourth-order valence-electron chi connectivity index (χ4n) is 1.52. The van der Waals surface area contributed by atoms with Crippen molar-refractivity contribution in [2.45, 2.75) is 19.3 Å². The van der Waals surface area contributed by atoms with Gasteiger partial charge in [0.25, 0.3) is 0 Å². The Morgan fingerprint density at radius 1 is 1.40 bits per heavy atom. The van der Waals surface area contributed by atoms with Crippen LogP contribution in [0.25, 0.3) is 0 Å². The fraction of sp³-hybridized carbons (Fsp3) is 0.667. The lowest BCUT2D eigenvalue weighted by Crippen LogP contribution is -2.15. The van der Waals surface area contributed by atoms with Crippen molar-refractivity contribution in [3.05, 3.63) is 23.7 Å². The molecule has 0 heterocycles. The molecule has 1 aliphatic carbocycles. The molecule has 3 heteroatoms. The smallest absolute Gasteiger partial charge is 0.156 e. The summed E-state index contributed by atoms with van der Waals surface area (Å²) in [7, 11) is 5.83. The van der Waals surface area contributed by atoms with Gasteiger partial charge in [0.15, 0.2) is 5.76 Å². The lowest BCUT2D eigenvalue weighted by Gasteiger charge is -2.16. The fourth-order valence-corrected chi connectivity index (χ4v) is 1.52. The maximum atomic E-state index is 5.71. The average molecular weight is 211 g/mol. The zero-order valence-electron chi connectivity index (χ0n) is 9.95. The van der Waals surface area contributed by atoms with Crippen LogP contribution in [-0.2, 0) is 9.47 Å². The quantitative estimate of drug-likeness (QED) is 0.628. The van der Waals surface area contributed by atoms with E-state index in [1.54, 1.807) is 7.11 Å². The molecule has 1 aliphatic rings. The highest BCUT2D eigenvalue weighted by molar-refractivity contribution is 5.20. The molecule has 0 amide bonds. The summed E-state index contributed by atoms with van der Waals surface area (Å²) in [5.41, 5.74) is 0. The van der Waals surface area contributed by atoms with Crippen LogP contribution in [0.2, 0.25) is 0 Å². The number of ether oxygens (including phenoxy) is 2. The molecule has 0 saturated heterocycles. The number of methoxy groups -OCH3 is 1. The van der Waals surface area contributed by atoms with Crippen molar-refractivity contribution in [1.82, 2.24) is 4.90 Å². The molecule has 0 fully saturated rings. The third-order valence-corrected chi connectivity index (χ3v) is 2.33. The van der Waals surface area contributed by atoms with E-state index in [9.17, 15) is 0 Å². The van der Waals surface area contributed by atoms with Crippen LogP contribution in [0.1, 0.15) is 19.3 Å². The number of rotatable bonds is 6. The molecule has 0 N–H and O–H groups in total. The summed E-state index contributed by atoms with van der Waals surface area (Å²) in [6, 6.07) is 0. The van der Waals surface area contributed by atoms with Gasteiger partial charge in [-0.15, -0.1) is 0 Å². The van der Waals surface area contributed by atoms with E-state index >= 15 is 0 Å². The molecule has 0 bridgehead atoms. The molecule has 0 atom stereocenters. The van der Waals surface area contributed by atoms with E-state index in [0.717, 1.165) is 43.9 Å². The molecule has 0 unspecified atom stereocenters. The Bertz CT molecular complexity index is 244. The molecule has 0 aromatic heterocycles. The first-order valence-corrected chi connectivity index (χ1v) is 5.45. The third kappa shape index (κ3) is 4.38. The second-order valence-electron chi connectivity index (χ2n) is 3.94. The minimum absolute atomic E-state index is 0.772. The molecule has 1 rings (SSSR count). The molecule has 0 aliphatic heterocycles. The van der Waals surface area contributed by atoms with Crippen molar-refractivity contribution in [3.63, 3.8) is 0 Å². The van der Waals surface area contributed by atoms with Crippen LogP contribution in [0.3, 0.4) is 0 Å². The van der Waals surface area contributed by atoms with E-state index in [4.69, 9.17) is 9.47 Å². The summed E-state index contributed by atoms with van der Waals surface area (Å²) < 4.78 is 11.0. The molecule has 0 spiro atoms. The maximum absolute atomic E-state index is 5.71. The zero-order chi connectivity index (χ0) is 11.1. The second kappa shape index (κ2) is 6.51. The number of nitrogens with zero attached hydrogens (tertiary/aromatic N) is 1. The van der Waals surface area contributed by atoms with Crippen molar-refractivity contribution in [2.75, 3.05) is 34.4 Å². The number of hydrogen-bond acceptors (Lipinski definition) is 3. The monoisotopic (exact) mass is 211 g/mol. The van der Waals surface area contributed by atoms with Gasteiger partial charge in [-0.05, 0) is 33.0 Å². The number of hydrogen-bond donors (Lipinski definition) is 0.